The van der Waals surface area contributed by atoms with Crippen LogP contribution in [-0.2, 0) is 11.4 Å². The largest absolute Gasteiger partial charge is 0.493 e. The monoisotopic (exact) mass is 606 g/mol. The molecule has 12 nitrogen and oxygen atoms in total. The minimum Gasteiger partial charge on any atom is -0.493 e. The van der Waals surface area contributed by atoms with Crippen LogP contribution in [0.4, 0.5) is 23.2 Å². The van der Waals surface area contributed by atoms with Crippen LogP contribution in [0.5, 0.6) is 11.5 Å². The van der Waals surface area contributed by atoms with Gasteiger partial charge in [-0.2, -0.15) is 17.9 Å². The maximum Gasteiger partial charge on any atom is 0.490 e. The van der Waals surface area contributed by atoms with E-state index >= 15 is 4.39 Å². The van der Waals surface area contributed by atoms with Crippen LogP contribution >= 0.6 is 0 Å². The molecule has 4 aromatic rings. The molecule has 1 unspecified atom stereocenters. The summed E-state index contributed by atoms with van der Waals surface area (Å²) in [5.74, 6) is -2.84. The Bertz CT molecular complexity index is 1650. The number of aliphatic hydroxyl groups is 1. The lowest BCUT2D eigenvalue weighted by Crippen LogP contribution is -2.21. The highest BCUT2D eigenvalue weighted by Gasteiger charge is 2.38. The van der Waals surface area contributed by atoms with Crippen molar-refractivity contribution >= 4 is 17.5 Å². The Hall–Kier alpha value is -5.38. The number of aliphatic hydroxyl groups excluding tert-OH is 1. The number of aromatic amines is 1. The number of nitrogen functional groups attached to an aromatic ring is 1. The number of hydrogen-bond donors (Lipinski definition) is 6. The summed E-state index contributed by atoms with van der Waals surface area (Å²) >= 11 is 0. The van der Waals surface area contributed by atoms with Gasteiger partial charge >= 0.3 is 17.8 Å². The number of rotatable bonds is 9. The molecule has 1 atom stereocenters. The lowest BCUT2D eigenvalue weighted by atomic mass is 10.0. The molecule has 0 aliphatic heterocycles. The molecule has 0 radical (unpaired) electrons. The Morgan fingerprint density at radius 3 is 2.23 bits per heavy atom. The van der Waals surface area contributed by atoms with E-state index < -0.39 is 29.7 Å². The number of carboxylic acids is 1. The molecule has 0 aliphatic carbocycles. The molecular formula is C27H26F4N6O6. The van der Waals surface area contributed by atoms with Crippen molar-refractivity contribution in [3.05, 3.63) is 99.5 Å². The summed E-state index contributed by atoms with van der Waals surface area (Å²) in [6, 6.07) is 15.1. The first-order valence-corrected chi connectivity index (χ1v) is 12.1. The maximum absolute atomic E-state index is 15.3. The van der Waals surface area contributed by atoms with Crippen LogP contribution < -0.4 is 26.2 Å². The Labute approximate surface area is 240 Å². The number of alkyl halides is 3. The number of nitrogens with zero attached hydrogens (tertiary/aromatic N) is 2. The highest BCUT2D eigenvalue weighted by atomic mass is 19.4. The zero-order valence-electron chi connectivity index (χ0n) is 22.6. The zero-order chi connectivity index (χ0) is 31.9. The van der Waals surface area contributed by atoms with E-state index in [4.69, 9.17) is 30.5 Å². The number of hydrogen-bond acceptors (Lipinski definition) is 8. The van der Waals surface area contributed by atoms with Gasteiger partial charge in [0.25, 0.3) is 0 Å². The summed E-state index contributed by atoms with van der Waals surface area (Å²) in [5, 5.41) is 32.0. The van der Waals surface area contributed by atoms with E-state index in [-0.39, 0.29) is 29.6 Å². The number of aliphatic carboxylic acids is 1. The van der Waals surface area contributed by atoms with Crippen LogP contribution in [0.15, 0.2) is 65.5 Å². The van der Waals surface area contributed by atoms with Crippen LogP contribution in [0.1, 0.15) is 28.6 Å². The van der Waals surface area contributed by atoms with Crippen molar-refractivity contribution < 1.29 is 42.0 Å². The molecule has 0 aliphatic rings. The van der Waals surface area contributed by atoms with Crippen LogP contribution in [0.3, 0.4) is 0 Å². The zero-order valence-corrected chi connectivity index (χ0v) is 22.6. The molecule has 43 heavy (non-hydrogen) atoms. The molecule has 0 fully saturated rings. The number of H-pyrrole nitrogens is 1. The summed E-state index contributed by atoms with van der Waals surface area (Å²) in [5.41, 5.74) is 7.09. The molecule has 3 aromatic carbocycles. The van der Waals surface area contributed by atoms with Gasteiger partial charge < -0.3 is 30.7 Å². The summed E-state index contributed by atoms with van der Waals surface area (Å²) < 4.78 is 58.7. The molecule has 16 heteroatoms. The van der Waals surface area contributed by atoms with Crippen molar-refractivity contribution in [1.82, 2.24) is 14.8 Å². The SMILES string of the molecule is COc1cc(F)c(C(Nc2ccc(C(=N)N)cc2)c2nn(-c3ccccc3CO)c(=O)[nH]2)cc1OC.O=C(O)C(F)(F)F. The van der Waals surface area contributed by atoms with Crippen molar-refractivity contribution in [1.29, 1.82) is 5.41 Å². The molecule has 7 N–H and O–H groups in total. The predicted octanol–water partition coefficient (Wildman–Crippen LogP) is 3.33. The lowest BCUT2D eigenvalue weighted by Gasteiger charge is -2.20. The van der Waals surface area contributed by atoms with E-state index in [1.54, 1.807) is 48.5 Å². The normalized spacial score (nSPS) is 11.6. The third-order valence-electron chi connectivity index (χ3n) is 5.86. The predicted molar refractivity (Wildman–Crippen MR) is 146 cm³/mol. The third kappa shape index (κ3) is 7.68. The summed E-state index contributed by atoms with van der Waals surface area (Å²) in [7, 11) is 2.84. The number of nitrogens with one attached hydrogen (secondary N) is 3. The van der Waals surface area contributed by atoms with Gasteiger partial charge in [-0.15, -0.1) is 5.10 Å². The second-order valence-corrected chi connectivity index (χ2v) is 8.61. The number of amidine groups is 1. The first-order valence-electron chi connectivity index (χ1n) is 12.1. The summed E-state index contributed by atoms with van der Waals surface area (Å²) in [4.78, 5) is 24.5. The van der Waals surface area contributed by atoms with Crippen LogP contribution in [0.2, 0.25) is 0 Å². The smallest absolute Gasteiger partial charge is 0.490 e. The number of para-hydroxylation sites is 1. The van der Waals surface area contributed by atoms with Gasteiger partial charge in [-0.1, -0.05) is 18.2 Å². The number of nitrogens with two attached hydrogens (primary N) is 1. The van der Waals surface area contributed by atoms with E-state index in [0.29, 0.717) is 28.3 Å². The Morgan fingerprint density at radius 2 is 1.70 bits per heavy atom. The van der Waals surface area contributed by atoms with Gasteiger partial charge in [0.05, 0.1) is 26.5 Å². The van der Waals surface area contributed by atoms with Gasteiger partial charge in [-0.05, 0) is 36.4 Å². The van der Waals surface area contributed by atoms with Crippen LogP contribution in [0, 0.1) is 11.2 Å². The summed E-state index contributed by atoms with van der Waals surface area (Å²) in [6.07, 6.45) is -5.08. The topological polar surface area (TPSA) is 189 Å². The molecule has 0 amide bonds. The number of benzene rings is 3. The highest BCUT2D eigenvalue weighted by molar-refractivity contribution is 5.95. The Morgan fingerprint density at radius 1 is 1.12 bits per heavy atom. The number of carbonyl (C=O) groups is 1. The standard InChI is InChI=1S/C25H25FN6O4.C2HF3O2/c1-35-20-11-17(18(26)12-21(20)36-2)22(29-16-9-7-14(8-10-16)23(27)28)24-30-25(34)32(31-24)19-6-4-3-5-15(19)13-33;3-2(4,5)1(6)7/h3-12,22,29,33H,13H2,1-2H3,(H3,27,28)(H,30,31,34);(H,6,7). The number of carboxylic acid groups (broad SMARTS) is 1. The molecule has 0 saturated carbocycles. The number of anilines is 1. The van der Waals surface area contributed by atoms with Gasteiger partial charge in [-0.25, -0.2) is 14.0 Å². The highest BCUT2D eigenvalue weighted by Crippen LogP contribution is 2.35. The maximum atomic E-state index is 15.3. The second-order valence-electron chi connectivity index (χ2n) is 8.61. The van der Waals surface area contributed by atoms with Crippen molar-refractivity contribution in [2.24, 2.45) is 5.73 Å². The fraction of sp³-hybridized carbons (Fsp3) is 0.185. The quantitative estimate of drug-likeness (QED) is 0.0943. The molecule has 0 saturated heterocycles. The minimum absolute atomic E-state index is 0.0883. The van der Waals surface area contributed by atoms with Gasteiger partial charge in [-0.3, -0.25) is 10.4 Å². The number of aromatic nitrogens is 3. The second kappa shape index (κ2) is 13.5. The number of ether oxygens (including phenoxy) is 2. The Kier molecular flexibility index (Phi) is 10.1. The van der Waals surface area contributed by atoms with E-state index in [9.17, 15) is 23.1 Å². The van der Waals surface area contributed by atoms with Crippen LogP contribution in [-0.4, -0.2) is 57.2 Å². The van der Waals surface area contributed by atoms with Gasteiger partial charge in [0.1, 0.15) is 17.7 Å². The fourth-order valence-corrected chi connectivity index (χ4v) is 3.78. The average Bonchev–Trinajstić information content (AvgIpc) is 3.36. The van der Waals surface area contributed by atoms with E-state index in [1.807, 2.05) is 0 Å². The van der Waals surface area contributed by atoms with Crippen LogP contribution in [0.25, 0.3) is 5.69 Å². The molecule has 1 heterocycles. The van der Waals surface area contributed by atoms with E-state index in [0.717, 1.165) is 4.68 Å². The molecule has 0 spiro atoms. The fourth-order valence-electron chi connectivity index (χ4n) is 3.78. The van der Waals surface area contributed by atoms with Gasteiger partial charge in [0.15, 0.2) is 17.3 Å². The van der Waals surface area contributed by atoms with Crippen molar-refractivity contribution in [3.63, 3.8) is 0 Å². The lowest BCUT2D eigenvalue weighted by molar-refractivity contribution is -0.192. The molecule has 4 rings (SSSR count). The van der Waals surface area contributed by atoms with Crippen molar-refractivity contribution in [2.75, 3.05) is 19.5 Å². The minimum atomic E-state index is -5.08. The third-order valence-corrected chi connectivity index (χ3v) is 5.86. The van der Waals surface area contributed by atoms with E-state index in [2.05, 4.69) is 15.4 Å². The van der Waals surface area contributed by atoms with E-state index in [1.165, 1.54) is 26.4 Å². The molecule has 228 valence electrons. The summed E-state index contributed by atoms with van der Waals surface area (Å²) in [6.45, 7) is -0.292. The number of methoxy groups -OCH3 is 2. The molecule has 0 bridgehead atoms. The Balaban J connectivity index is 0.000000646. The first-order chi connectivity index (χ1) is 20.3. The van der Waals surface area contributed by atoms with Crippen molar-refractivity contribution in [3.8, 4) is 17.2 Å². The number of halogens is 4. The van der Waals surface area contributed by atoms with Gasteiger partial charge in [0.2, 0.25) is 0 Å². The van der Waals surface area contributed by atoms with Crippen molar-refractivity contribution in [2.45, 2.75) is 18.8 Å². The molecule has 1 aromatic heterocycles. The first kappa shape index (κ1) is 32.1. The molecular weight excluding hydrogens is 580 g/mol. The van der Waals surface area contributed by atoms with Gasteiger partial charge in [0, 0.05) is 28.4 Å². The average molecular weight is 607 g/mol.